The molecular formula is C10H7IN2O. The number of nitriles is 1. The van der Waals surface area contributed by atoms with E-state index in [-0.39, 0.29) is 5.57 Å². The van der Waals surface area contributed by atoms with Crippen molar-refractivity contribution >= 4 is 34.6 Å². The van der Waals surface area contributed by atoms with Crippen LogP contribution in [0.5, 0.6) is 0 Å². The van der Waals surface area contributed by atoms with E-state index in [2.05, 4.69) is 22.6 Å². The lowest BCUT2D eigenvalue weighted by Crippen LogP contribution is -2.12. The Balaban J connectivity index is 3.08. The molecule has 0 saturated heterocycles. The molecule has 0 bridgehead atoms. The van der Waals surface area contributed by atoms with Gasteiger partial charge in [-0.25, -0.2) is 0 Å². The lowest BCUT2D eigenvalue weighted by molar-refractivity contribution is -0.114. The summed E-state index contributed by atoms with van der Waals surface area (Å²) in [7, 11) is 0. The molecule has 70 valence electrons. The van der Waals surface area contributed by atoms with Crippen LogP contribution in [0.3, 0.4) is 0 Å². The molecule has 1 aromatic carbocycles. The normalized spacial score (nSPS) is 10.7. The van der Waals surface area contributed by atoms with Gasteiger partial charge in [-0.1, -0.05) is 12.1 Å². The van der Waals surface area contributed by atoms with Crippen molar-refractivity contribution in [3.63, 3.8) is 0 Å². The van der Waals surface area contributed by atoms with Crippen molar-refractivity contribution in [1.82, 2.24) is 0 Å². The molecule has 0 heterocycles. The van der Waals surface area contributed by atoms with Gasteiger partial charge >= 0.3 is 0 Å². The Morgan fingerprint density at radius 2 is 2.29 bits per heavy atom. The summed E-state index contributed by atoms with van der Waals surface area (Å²) in [4.78, 5) is 10.7. The Labute approximate surface area is 95.4 Å². The quantitative estimate of drug-likeness (QED) is 0.513. The first-order valence-electron chi connectivity index (χ1n) is 3.80. The van der Waals surface area contributed by atoms with E-state index in [9.17, 15) is 4.79 Å². The number of hydrogen-bond donors (Lipinski definition) is 1. The first-order valence-corrected chi connectivity index (χ1v) is 4.88. The van der Waals surface area contributed by atoms with E-state index in [1.54, 1.807) is 6.07 Å². The van der Waals surface area contributed by atoms with Crippen LogP contribution in [-0.2, 0) is 4.79 Å². The molecule has 0 unspecified atom stereocenters. The zero-order valence-electron chi connectivity index (χ0n) is 7.20. The molecule has 0 fully saturated rings. The first-order chi connectivity index (χ1) is 6.63. The van der Waals surface area contributed by atoms with E-state index in [0.29, 0.717) is 0 Å². The molecule has 0 aliphatic rings. The van der Waals surface area contributed by atoms with E-state index >= 15 is 0 Å². The fourth-order valence-electron chi connectivity index (χ4n) is 0.922. The van der Waals surface area contributed by atoms with Gasteiger partial charge in [0.15, 0.2) is 0 Å². The molecule has 1 amide bonds. The molecule has 1 rings (SSSR count). The SMILES string of the molecule is N#C/C(=C\c1cccc(I)c1)C(N)=O. The molecule has 4 heteroatoms. The van der Waals surface area contributed by atoms with Gasteiger partial charge in [-0.15, -0.1) is 0 Å². The number of amides is 1. The zero-order valence-corrected chi connectivity index (χ0v) is 9.36. The second kappa shape index (κ2) is 4.77. The summed E-state index contributed by atoms with van der Waals surface area (Å²) in [6.07, 6.45) is 1.48. The highest BCUT2D eigenvalue weighted by Crippen LogP contribution is 2.11. The topological polar surface area (TPSA) is 66.9 Å². The van der Waals surface area contributed by atoms with Crippen LogP contribution < -0.4 is 5.73 Å². The average Bonchev–Trinajstić information content (AvgIpc) is 2.14. The molecule has 0 aliphatic carbocycles. The minimum absolute atomic E-state index is 0.0352. The van der Waals surface area contributed by atoms with Crippen LogP contribution in [0, 0.1) is 14.9 Å². The van der Waals surface area contributed by atoms with Crippen molar-refractivity contribution in [2.45, 2.75) is 0 Å². The average molecular weight is 298 g/mol. The first kappa shape index (κ1) is 10.7. The highest BCUT2D eigenvalue weighted by Gasteiger charge is 2.02. The monoisotopic (exact) mass is 298 g/mol. The molecule has 2 N–H and O–H groups in total. The Bertz CT molecular complexity index is 432. The lowest BCUT2D eigenvalue weighted by Gasteiger charge is -1.95. The van der Waals surface area contributed by atoms with Gasteiger partial charge in [-0.3, -0.25) is 4.79 Å². The van der Waals surface area contributed by atoms with Crippen molar-refractivity contribution in [1.29, 1.82) is 5.26 Å². The Hall–Kier alpha value is -1.35. The molecule has 14 heavy (non-hydrogen) atoms. The number of carbonyl (C=O) groups excluding carboxylic acids is 1. The molecule has 0 radical (unpaired) electrons. The molecule has 3 nitrogen and oxygen atoms in total. The third-order valence-electron chi connectivity index (χ3n) is 1.55. The summed E-state index contributed by atoms with van der Waals surface area (Å²) in [6.45, 7) is 0. The standard InChI is InChI=1S/C10H7IN2O/c11-9-3-1-2-7(5-9)4-8(6-12)10(13)14/h1-5H,(H2,13,14)/b8-4+. The highest BCUT2D eigenvalue weighted by atomic mass is 127. The van der Waals surface area contributed by atoms with Crippen LogP contribution in [0.25, 0.3) is 6.08 Å². The Morgan fingerprint density at radius 1 is 1.57 bits per heavy atom. The van der Waals surface area contributed by atoms with Crippen molar-refractivity contribution < 1.29 is 4.79 Å². The van der Waals surface area contributed by atoms with Gasteiger partial charge in [0, 0.05) is 3.57 Å². The number of halogens is 1. The van der Waals surface area contributed by atoms with Gasteiger partial charge < -0.3 is 5.73 Å². The number of carbonyl (C=O) groups is 1. The fraction of sp³-hybridized carbons (Fsp3) is 0. The van der Waals surface area contributed by atoms with Crippen LogP contribution in [0.2, 0.25) is 0 Å². The number of primary amides is 1. The largest absolute Gasteiger partial charge is 0.365 e. The van der Waals surface area contributed by atoms with Gasteiger partial charge in [-0.05, 0) is 46.4 Å². The van der Waals surface area contributed by atoms with E-state index < -0.39 is 5.91 Å². The maximum Gasteiger partial charge on any atom is 0.259 e. The van der Waals surface area contributed by atoms with Crippen molar-refractivity contribution in [2.75, 3.05) is 0 Å². The zero-order chi connectivity index (χ0) is 10.6. The number of benzene rings is 1. The van der Waals surface area contributed by atoms with Gasteiger partial charge in [0.1, 0.15) is 11.6 Å². The second-order valence-corrected chi connectivity index (χ2v) is 3.83. The molecule has 0 saturated carbocycles. The van der Waals surface area contributed by atoms with Crippen LogP contribution in [-0.4, -0.2) is 5.91 Å². The predicted octanol–water partition coefficient (Wildman–Crippen LogP) is 1.68. The number of nitrogens with two attached hydrogens (primary N) is 1. The molecular weight excluding hydrogens is 291 g/mol. The summed E-state index contributed by atoms with van der Waals surface area (Å²) >= 11 is 2.15. The summed E-state index contributed by atoms with van der Waals surface area (Å²) in [5, 5.41) is 8.61. The van der Waals surface area contributed by atoms with Crippen LogP contribution in [0.4, 0.5) is 0 Å². The fourth-order valence-corrected chi connectivity index (χ4v) is 1.49. The van der Waals surface area contributed by atoms with Crippen molar-refractivity contribution in [2.24, 2.45) is 5.73 Å². The van der Waals surface area contributed by atoms with Gasteiger partial charge in [-0.2, -0.15) is 5.26 Å². The van der Waals surface area contributed by atoms with E-state index in [4.69, 9.17) is 11.0 Å². The molecule has 0 aromatic heterocycles. The smallest absolute Gasteiger partial charge is 0.259 e. The number of rotatable bonds is 2. The summed E-state index contributed by atoms with van der Waals surface area (Å²) < 4.78 is 1.04. The van der Waals surface area contributed by atoms with Crippen LogP contribution >= 0.6 is 22.6 Å². The molecule has 1 aromatic rings. The summed E-state index contributed by atoms with van der Waals surface area (Å²) in [5.41, 5.74) is 5.76. The Kier molecular flexibility index (Phi) is 3.65. The van der Waals surface area contributed by atoms with Crippen LogP contribution in [0.1, 0.15) is 5.56 Å². The summed E-state index contributed by atoms with van der Waals surface area (Å²) in [5.74, 6) is -0.702. The number of hydrogen-bond acceptors (Lipinski definition) is 2. The minimum atomic E-state index is -0.702. The van der Waals surface area contributed by atoms with E-state index in [1.165, 1.54) is 6.08 Å². The summed E-state index contributed by atoms with van der Waals surface area (Å²) in [6, 6.07) is 9.20. The lowest BCUT2D eigenvalue weighted by atomic mass is 10.1. The molecule has 0 atom stereocenters. The Morgan fingerprint density at radius 3 is 2.79 bits per heavy atom. The van der Waals surface area contributed by atoms with Crippen molar-refractivity contribution in [3.05, 3.63) is 39.0 Å². The maximum absolute atomic E-state index is 10.7. The maximum atomic E-state index is 10.7. The predicted molar refractivity (Wildman–Crippen MR) is 61.9 cm³/mol. The van der Waals surface area contributed by atoms with Gasteiger partial charge in [0.05, 0.1) is 0 Å². The van der Waals surface area contributed by atoms with Gasteiger partial charge in [0.25, 0.3) is 5.91 Å². The third-order valence-corrected chi connectivity index (χ3v) is 2.22. The van der Waals surface area contributed by atoms with Gasteiger partial charge in [0.2, 0.25) is 0 Å². The molecule has 0 spiro atoms. The van der Waals surface area contributed by atoms with E-state index in [0.717, 1.165) is 9.13 Å². The van der Waals surface area contributed by atoms with Crippen molar-refractivity contribution in [3.8, 4) is 6.07 Å². The number of nitrogens with zero attached hydrogens (tertiary/aromatic N) is 1. The molecule has 0 aliphatic heterocycles. The van der Waals surface area contributed by atoms with Crippen LogP contribution in [0.15, 0.2) is 29.8 Å². The minimum Gasteiger partial charge on any atom is -0.365 e. The third kappa shape index (κ3) is 2.85. The van der Waals surface area contributed by atoms with E-state index in [1.807, 2.05) is 24.3 Å². The highest BCUT2D eigenvalue weighted by molar-refractivity contribution is 14.1. The second-order valence-electron chi connectivity index (χ2n) is 2.59.